The molecule has 4 rings (SSSR count). The maximum absolute atomic E-state index is 13.4. The molecule has 4 aromatic rings. The molecule has 0 N–H and O–H groups in total. The maximum atomic E-state index is 13.4. The molecule has 0 bridgehead atoms. The van der Waals surface area contributed by atoms with Crippen molar-refractivity contribution in [1.82, 2.24) is 0 Å². The molecule has 0 aliphatic heterocycles. The van der Waals surface area contributed by atoms with E-state index >= 15 is 0 Å². The molecule has 30 heavy (non-hydrogen) atoms. The first-order chi connectivity index (χ1) is 14.2. The molecular weight excluding hydrogens is 413 g/mol. The van der Waals surface area contributed by atoms with Gasteiger partial charge >= 0.3 is 171 Å². The second kappa shape index (κ2) is 8.79. The van der Waals surface area contributed by atoms with Gasteiger partial charge in [0.05, 0.1) is 0 Å². The van der Waals surface area contributed by atoms with Gasteiger partial charge in [-0.25, -0.2) is 0 Å². The van der Waals surface area contributed by atoms with Crippen LogP contribution in [0.1, 0.15) is 5.56 Å². The van der Waals surface area contributed by atoms with Crippen molar-refractivity contribution in [2.45, 2.75) is 6.16 Å². The van der Waals surface area contributed by atoms with Crippen molar-refractivity contribution in [3.05, 3.63) is 137 Å². The van der Waals surface area contributed by atoms with Gasteiger partial charge in [0.2, 0.25) is 0 Å². The van der Waals surface area contributed by atoms with Crippen LogP contribution in [0.25, 0.3) is 0 Å². The van der Waals surface area contributed by atoms with E-state index < -0.39 is 6.75 Å². The molecule has 4 aromatic carbocycles. The first-order valence-electron chi connectivity index (χ1n) is 9.55. The Morgan fingerprint density at radius 2 is 0.867 bits per heavy atom. The summed E-state index contributed by atoms with van der Waals surface area (Å²) < 4.78 is 0.0264. The van der Waals surface area contributed by atoms with Gasteiger partial charge in [-0.15, -0.1) is 12.4 Å². The van der Waals surface area contributed by atoms with E-state index in [1.165, 1.54) is 0 Å². The monoisotopic (exact) mass is 435 g/mol. The van der Waals surface area contributed by atoms with E-state index in [2.05, 4.69) is 0 Å². The summed E-state index contributed by atoms with van der Waals surface area (Å²) in [4.78, 5) is 13.4. The predicted octanol–water partition coefficient (Wildman–Crippen LogP) is 5.33. The first kappa shape index (κ1) is 21.7. The number of benzene rings is 4. The zero-order chi connectivity index (χ0) is 20.2. The van der Waals surface area contributed by atoms with Crippen LogP contribution in [0.2, 0.25) is 0 Å². The number of halogens is 1. The molecule has 0 aromatic heterocycles. The van der Waals surface area contributed by atoms with Crippen LogP contribution < -0.4 is 15.9 Å². The van der Waals surface area contributed by atoms with E-state index in [-0.39, 0.29) is 17.1 Å². The van der Waals surface area contributed by atoms with Crippen molar-refractivity contribution in [2.24, 2.45) is 0 Å². The Kier molecular flexibility index (Phi) is 6.36. The third kappa shape index (κ3) is 3.21. The molecule has 0 saturated carbocycles. The Balaban J connectivity index is 0.00000256. The number of hydrogen-bond donors (Lipinski definition) is 0. The number of nitro groups is 1. The van der Waals surface area contributed by atoms with Gasteiger partial charge < -0.3 is 0 Å². The Bertz CT molecular complexity index is 1010. The number of hydrogen-bond acceptors (Lipinski definition) is 2. The van der Waals surface area contributed by atoms with Crippen molar-refractivity contribution in [2.75, 3.05) is 0 Å². The summed E-state index contributed by atoms with van der Waals surface area (Å²) in [6.45, 7) is -4.09. The second-order valence-electron chi connectivity index (χ2n) is 7.14. The summed E-state index contributed by atoms with van der Waals surface area (Å²) in [7, 11) is 0. The van der Waals surface area contributed by atoms with E-state index in [1.807, 2.05) is 121 Å². The molecular formula is C25H23ClNO2P. The number of rotatable bonds is 6. The normalized spacial score (nSPS) is 12.2. The zero-order valence-electron chi connectivity index (χ0n) is 16.4. The van der Waals surface area contributed by atoms with Gasteiger partial charge in [-0.05, 0) is 0 Å². The van der Waals surface area contributed by atoms with Gasteiger partial charge in [0, 0.05) is 0 Å². The van der Waals surface area contributed by atoms with Crippen molar-refractivity contribution >= 4 is 35.1 Å². The Morgan fingerprint density at radius 1 is 0.567 bits per heavy atom. The quantitative estimate of drug-likeness (QED) is 0.233. The van der Waals surface area contributed by atoms with E-state index in [9.17, 15) is 10.1 Å². The molecule has 0 aliphatic rings. The predicted molar refractivity (Wildman–Crippen MR) is 130 cm³/mol. The fourth-order valence-corrected chi connectivity index (χ4v) is 9.74. The average molecular weight is 436 g/mol. The van der Waals surface area contributed by atoms with Crippen LogP contribution in [-0.2, 0) is 6.16 Å². The first-order valence-corrected chi connectivity index (χ1v) is 11.9. The van der Waals surface area contributed by atoms with E-state index in [4.69, 9.17) is 0 Å². The van der Waals surface area contributed by atoms with E-state index in [0.717, 1.165) is 21.5 Å². The summed E-state index contributed by atoms with van der Waals surface area (Å²) in [6.07, 6.45) is 0.331. The molecule has 0 spiro atoms. The molecule has 0 radical (unpaired) electrons. The molecule has 152 valence electrons. The van der Waals surface area contributed by atoms with Crippen LogP contribution in [0.5, 0.6) is 0 Å². The summed E-state index contributed by atoms with van der Waals surface area (Å²) in [5, 5.41) is 15.7. The third-order valence-corrected chi connectivity index (χ3v) is 11.6. The van der Waals surface area contributed by atoms with Crippen molar-refractivity contribution in [3.8, 4) is 0 Å². The van der Waals surface area contributed by atoms with Crippen LogP contribution in [0.3, 0.4) is 0 Å². The van der Waals surface area contributed by atoms with E-state index in [0.29, 0.717) is 6.16 Å². The summed E-state index contributed by atoms with van der Waals surface area (Å²) in [5.41, 5.74) is 0.957. The van der Waals surface area contributed by atoms with Crippen LogP contribution in [-0.4, -0.2) is 4.69 Å². The topological polar surface area (TPSA) is 43.1 Å². The average Bonchev–Trinajstić information content (AvgIpc) is 2.80. The fourth-order valence-electron chi connectivity index (χ4n) is 4.25. The minimum absolute atomic E-state index is 0. The van der Waals surface area contributed by atoms with Gasteiger partial charge in [0.25, 0.3) is 0 Å². The van der Waals surface area contributed by atoms with Gasteiger partial charge in [-0.3, -0.25) is 0 Å². The minimum atomic E-state index is -4.09. The SMILES string of the molecule is Cl.O=[N+]([O-])P(Cc1ccccc1)(c1ccccc1)(c1ccccc1)c1ccccc1. The van der Waals surface area contributed by atoms with Crippen LogP contribution in [0.15, 0.2) is 121 Å². The Morgan fingerprint density at radius 3 is 1.17 bits per heavy atom. The van der Waals surface area contributed by atoms with Gasteiger partial charge in [0.15, 0.2) is 0 Å². The molecule has 0 atom stereocenters. The van der Waals surface area contributed by atoms with Gasteiger partial charge in [0.1, 0.15) is 0 Å². The Hall–Kier alpha value is -3.00. The van der Waals surface area contributed by atoms with Crippen LogP contribution >= 0.6 is 19.2 Å². The van der Waals surface area contributed by atoms with Crippen molar-refractivity contribution in [3.63, 3.8) is 0 Å². The molecule has 0 saturated heterocycles. The van der Waals surface area contributed by atoms with Crippen molar-refractivity contribution < 1.29 is 4.69 Å². The molecule has 0 amide bonds. The Labute approximate surface area is 182 Å². The van der Waals surface area contributed by atoms with Gasteiger partial charge in [-0.1, -0.05) is 0 Å². The summed E-state index contributed by atoms with van der Waals surface area (Å²) in [6, 6.07) is 38.5. The molecule has 0 aliphatic carbocycles. The van der Waals surface area contributed by atoms with E-state index in [1.54, 1.807) is 0 Å². The molecule has 0 unspecified atom stereocenters. The molecule has 0 fully saturated rings. The molecule has 5 heteroatoms. The van der Waals surface area contributed by atoms with Crippen LogP contribution in [0.4, 0.5) is 0 Å². The standard InChI is InChI=1S/C25H22NO2P.ClH/c27-26(28)29(23-15-7-2-8-16-23,24-17-9-3-10-18-24,25-19-11-4-12-20-25)21-22-13-5-1-6-14-22;/h1-20H,21H2;1H. The van der Waals surface area contributed by atoms with Crippen LogP contribution in [0, 0.1) is 10.1 Å². The third-order valence-electron chi connectivity index (χ3n) is 5.63. The summed E-state index contributed by atoms with van der Waals surface area (Å²) >= 11 is 0. The van der Waals surface area contributed by atoms with Gasteiger partial charge in [-0.2, -0.15) is 0 Å². The zero-order valence-corrected chi connectivity index (χ0v) is 18.1. The van der Waals surface area contributed by atoms with Crippen molar-refractivity contribution in [1.29, 1.82) is 0 Å². The molecule has 0 heterocycles. The molecule has 3 nitrogen and oxygen atoms in total. The number of nitrogens with zero attached hydrogens (tertiary/aromatic N) is 1. The summed E-state index contributed by atoms with van der Waals surface area (Å²) in [5.74, 6) is 0. The second-order valence-corrected chi connectivity index (χ2v) is 11.8. The fraction of sp³-hybridized carbons (Fsp3) is 0.0400.